The Bertz CT molecular complexity index is 175. The first kappa shape index (κ1) is 12.9. The summed E-state index contributed by atoms with van der Waals surface area (Å²) < 4.78 is 0. The van der Waals surface area contributed by atoms with Gasteiger partial charge in [0.25, 0.3) is 0 Å². The van der Waals surface area contributed by atoms with E-state index in [2.05, 4.69) is 29.0 Å². The fourth-order valence-electron chi connectivity index (χ4n) is 2.30. The van der Waals surface area contributed by atoms with E-state index >= 15 is 0 Å². The van der Waals surface area contributed by atoms with E-state index in [1.807, 2.05) is 7.05 Å². The molecule has 2 unspecified atom stereocenters. The molecule has 4 nitrogen and oxygen atoms in total. The molecule has 0 radical (unpaired) electrons. The van der Waals surface area contributed by atoms with Crippen molar-refractivity contribution in [3.05, 3.63) is 0 Å². The molecule has 1 aliphatic heterocycles. The van der Waals surface area contributed by atoms with E-state index in [9.17, 15) is 5.11 Å². The Morgan fingerprint density at radius 1 is 1.47 bits per heavy atom. The van der Waals surface area contributed by atoms with Crippen LogP contribution in [0.5, 0.6) is 0 Å². The zero-order chi connectivity index (χ0) is 11.3. The minimum atomic E-state index is -0.240. The van der Waals surface area contributed by atoms with Crippen LogP contribution in [0, 0.1) is 0 Å². The predicted octanol–water partition coefficient (Wildman–Crippen LogP) is -0.407. The van der Waals surface area contributed by atoms with Gasteiger partial charge < -0.3 is 10.4 Å². The number of likely N-dealkylation sites (N-methyl/N-ethyl adjacent to an activating group) is 2. The third-order valence-electron chi connectivity index (χ3n) is 3.16. The minimum Gasteiger partial charge on any atom is -0.390 e. The third-order valence-corrected chi connectivity index (χ3v) is 3.16. The number of β-amino-alcohol motifs (C(OH)–C–C–N with tert-alkyl or cyclic N) is 1. The molecular formula is C11H25N3O. The molecule has 2 N–H and O–H groups in total. The topological polar surface area (TPSA) is 38.7 Å². The SMILES string of the molecule is CCN1CCN(CC(O)CNC)CC1C. The summed E-state index contributed by atoms with van der Waals surface area (Å²) in [5.41, 5.74) is 0. The minimum absolute atomic E-state index is 0.240. The van der Waals surface area contributed by atoms with Crippen LogP contribution >= 0.6 is 0 Å². The van der Waals surface area contributed by atoms with Gasteiger partial charge in [-0.15, -0.1) is 0 Å². The highest BCUT2D eigenvalue weighted by Gasteiger charge is 2.23. The first-order chi connectivity index (χ1) is 7.17. The first-order valence-corrected chi connectivity index (χ1v) is 5.96. The molecular weight excluding hydrogens is 190 g/mol. The summed E-state index contributed by atoms with van der Waals surface area (Å²) in [5, 5.41) is 12.7. The smallest absolute Gasteiger partial charge is 0.0791 e. The quantitative estimate of drug-likeness (QED) is 0.654. The summed E-state index contributed by atoms with van der Waals surface area (Å²) in [6.07, 6.45) is -0.240. The summed E-state index contributed by atoms with van der Waals surface area (Å²) in [6, 6.07) is 0.616. The molecule has 4 heteroatoms. The van der Waals surface area contributed by atoms with Gasteiger partial charge in [-0.25, -0.2) is 0 Å². The van der Waals surface area contributed by atoms with Crippen molar-refractivity contribution < 1.29 is 5.11 Å². The average molecular weight is 215 g/mol. The van der Waals surface area contributed by atoms with Crippen LogP contribution in [-0.4, -0.2) is 73.4 Å². The number of aliphatic hydroxyl groups excluding tert-OH is 1. The number of nitrogens with one attached hydrogen (secondary N) is 1. The van der Waals surface area contributed by atoms with Gasteiger partial charge in [0.15, 0.2) is 0 Å². The number of piperazine rings is 1. The van der Waals surface area contributed by atoms with Gasteiger partial charge in [0.05, 0.1) is 6.10 Å². The van der Waals surface area contributed by atoms with Crippen molar-refractivity contribution in [3.8, 4) is 0 Å². The molecule has 0 aromatic heterocycles. The van der Waals surface area contributed by atoms with Crippen LogP contribution < -0.4 is 5.32 Å². The van der Waals surface area contributed by atoms with Gasteiger partial charge in [-0.05, 0) is 20.5 Å². The zero-order valence-corrected chi connectivity index (χ0v) is 10.2. The molecule has 0 aromatic rings. The summed E-state index contributed by atoms with van der Waals surface area (Å²) >= 11 is 0. The molecule has 0 aromatic carbocycles. The summed E-state index contributed by atoms with van der Waals surface area (Å²) in [6.45, 7) is 10.4. The van der Waals surface area contributed by atoms with Crippen LogP contribution in [-0.2, 0) is 0 Å². The van der Waals surface area contributed by atoms with Crippen molar-refractivity contribution in [1.29, 1.82) is 0 Å². The lowest BCUT2D eigenvalue weighted by Gasteiger charge is -2.40. The Kier molecular flexibility index (Phi) is 5.53. The lowest BCUT2D eigenvalue weighted by atomic mass is 10.2. The van der Waals surface area contributed by atoms with Crippen molar-refractivity contribution >= 4 is 0 Å². The van der Waals surface area contributed by atoms with E-state index in [4.69, 9.17) is 0 Å². The highest BCUT2D eigenvalue weighted by Crippen LogP contribution is 2.08. The van der Waals surface area contributed by atoms with E-state index in [1.54, 1.807) is 0 Å². The van der Waals surface area contributed by atoms with Gasteiger partial charge >= 0.3 is 0 Å². The fourth-order valence-corrected chi connectivity index (χ4v) is 2.30. The highest BCUT2D eigenvalue weighted by atomic mass is 16.3. The van der Waals surface area contributed by atoms with E-state index in [0.29, 0.717) is 12.6 Å². The summed E-state index contributed by atoms with van der Waals surface area (Å²) in [7, 11) is 1.88. The largest absolute Gasteiger partial charge is 0.390 e. The summed E-state index contributed by atoms with van der Waals surface area (Å²) in [5.74, 6) is 0. The molecule has 2 atom stereocenters. The average Bonchev–Trinajstić information content (AvgIpc) is 2.18. The van der Waals surface area contributed by atoms with Crippen molar-refractivity contribution in [2.75, 3.05) is 46.3 Å². The second-order valence-electron chi connectivity index (χ2n) is 4.45. The van der Waals surface area contributed by atoms with Crippen LogP contribution in [0.15, 0.2) is 0 Å². The van der Waals surface area contributed by atoms with Crippen LogP contribution in [0.25, 0.3) is 0 Å². The highest BCUT2D eigenvalue weighted by molar-refractivity contribution is 4.79. The molecule has 1 saturated heterocycles. The van der Waals surface area contributed by atoms with Gasteiger partial charge in [0.2, 0.25) is 0 Å². The number of hydrogen-bond donors (Lipinski definition) is 2. The molecule has 0 bridgehead atoms. The van der Waals surface area contributed by atoms with Crippen LogP contribution in [0.3, 0.4) is 0 Å². The lowest BCUT2D eigenvalue weighted by molar-refractivity contribution is 0.0489. The number of hydrogen-bond acceptors (Lipinski definition) is 4. The van der Waals surface area contributed by atoms with Crippen molar-refractivity contribution in [2.24, 2.45) is 0 Å². The van der Waals surface area contributed by atoms with E-state index < -0.39 is 0 Å². The van der Waals surface area contributed by atoms with Crippen LogP contribution in [0.2, 0.25) is 0 Å². The molecule has 1 heterocycles. The van der Waals surface area contributed by atoms with Crippen molar-refractivity contribution in [1.82, 2.24) is 15.1 Å². The number of rotatable bonds is 5. The monoisotopic (exact) mass is 215 g/mol. The lowest BCUT2D eigenvalue weighted by Crippen LogP contribution is -2.53. The van der Waals surface area contributed by atoms with Gasteiger partial charge in [-0.1, -0.05) is 6.92 Å². The predicted molar refractivity (Wildman–Crippen MR) is 63.1 cm³/mol. The second-order valence-corrected chi connectivity index (χ2v) is 4.45. The molecule has 1 rings (SSSR count). The fraction of sp³-hybridized carbons (Fsp3) is 1.00. The Morgan fingerprint density at radius 3 is 2.73 bits per heavy atom. The van der Waals surface area contributed by atoms with Crippen molar-refractivity contribution in [3.63, 3.8) is 0 Å². The molecule has 1 fully saturated rings. The number of nitrogens with zero attached hydrogens (tertiary/aromatic N) is 2. The molecule has 0 saturated carbocycles. The van der Waals surface area contributed by atoms with Crippen LogP contribution in [0.4, 0.5) is 0 Å². The Balaban J connectivity index is 2.28. The van der Waals surface area contributed by atoms with Gasteiger partial charge in [0, 0.05) is 38.8 Å². The zero-order valence-electron chi connectivity index (χ0n) is 10.2. The van der Waals surface area contributed by atoms with E-state index in [-0.39, 0.29) is 6.10 Å². The Morgan fingerprint density at radius 2 is 2.20 bits per heavy atom. The maximum atomic E-state index is 9.69. The van der Waals surface area contributed by atoms with Gasteiger partial charge in [0.1, 0.15) is 0 Å². The first-order valence-electron chi connectivity index (χ1n) is 5.96. The maximum Gasteiger partial charge on any atom is 0.0791 e. The van der Waals surface area contributed by atoms with Crippen molar-refractivity contribution in [2.45, 2.75) is 26.0 Å². The number of aliphatic hydroxyl groups is 1. The molecule has 0 amide bonds. The molecule has 0 aliphatic carbocycles. The van der Waals surface area contributed by atoms with E-state index in [1.165, 1.54) is 0 Å². The van der Waals surface area contributed by atoms with Crippen LogP contribution in [0.1, 0.15) is 13.8 Å². The normalized spacial score (nSPS) is 26.8. The maximum absolute atomic E-state index is 9.69. The second kappa shape index (κ2) is 6.43. The molecule has 90 valence electrons. The molecule has 1 aliphatic rings. The van der Waals surface area contributed by atoms with Gasteiger partial charge in [-0.3, -0.25) is 9.80 Å². The Hall–Kier alpha value is -0.160. The summed E-state index contributed by atoms with van der Waals surface area (Å²) in [4.78, 5) is 4.85. The molecule has 15 heavy (non-hydrogen) atoms. The third kappa shape index (κ3) is 4.07. The van der Waals surface area contributed by atoms with Gasteiger partial charge in [-0.2, -0.15) is 0 Å². The molecule has 0 spiro atoms. The van der Waals surface area contributed by atoms with E-state index in [0.717, 1.165) is 32.7 Å². The standard InChI is InChI=1S/C11H25N3O/c1-4-14-6-5-13(8-10(14)2)9-11(15)7-12-3/h10-12,15H,4-9H2,1-3H3. The Labute approximate surface area is 93.2 Å².